The molecule has 9 nitrogen and oxygen atoms in total. The molecule has 4 rings (SSSR count). The van der Waals surface area contributed by atoms with Crippen molar-refractivity contribution in [2.45, 2.75) is 50.4 Å². The highest BCUT2D eigenvalue weighted by Crippen LogP contribution is 2.22. The van der Waals surface area contributed by atoms with E-state index in [1.807, 2.05) is 6.07 Å². The van der Waals surface area contributed by atoms with Gasteiger partial charge < -0.3 is 24.4 Å². The van der Waals surface area contributed by atoms with Crippen LogP contribution in [-0.2, 0) is 29.4 Å². The fourth-order valence-electron chi connectivity index (χ4n) is 4.43. The Kier molecular flexibility index (Phi) is 8.68. The first-order valence-corrected chi connectivity index (χ1v) is 12.2. The van der Waals surface area contributed by atoms with E-state index < -0.39 is 12.8 Å². The SMILES string of the molecule is Cn1cc(OCC(=O)N[C@H]2CC[C@H](CCN3CCc4ccc(OCC(F)(F)F)nc4CC3)OC2)cn1. The number of carbonyl (C=O) groups is 1. The van der Waals surface area contributed by atoms with Crippen molar-refractivity contribution in [1.29, 1.82) is 0 Å². The molecule has 1 amide bonds. The van der Waals surface area contributed by atoms with Crippen molar-refractivity contribution in [3.8, 4) is 11.6 Å². The van der Waals surface area contributed by atoms with Crippen LogP contribution in [0.2, 0.25) is 0 Å². The molecule has 36 heavy (non-hydrogen) atoms. The zero-order valence-corrected chi connectivity index (χ0v) is 20.3. The molecule has 0 aliphatic carbocycles. The van der Waals surface area contributed by atoms with Gasteiger partial charge in [-0.25, -0.2) is 4.98 Å². The number of ether oxygens (including phenoxy) is 3. The van der Waals surface area contributed by atoms with Crippen molar-refractivity contribution >= 4 is 5.91 Å². The topological polar surface area (TPSA) is 90.7 Å². The molecule has 2 aliphatic heterocycles. The Morgan fingerprint density at radius 3 is 2.78 bits per heavy atom. The highest BCUT2D eigenvalue weighted by atomic mass is 19.4. The van der Waals surface area contributed by atoms with Crippen LogP contribution in [-0.4, -0.2) is 83.3 Å². The number of rotatable bonds is 9. The molecule has 198 valence electrons. The van der Waals surface area contributed by atoms with Crippen LogP contribution in [0.5, 0.6) is 11.6 Å². The first-order valence-electron chi connectivity index (χ1n) is 12.2. The summed E-state index contributed by atoms with van der Waals surface area (Å²) < 4.78 is 55.0. The van der Waals surface area contributed by atoms with E-state index in [1.54, 1.807) is 24.1 Å². The third kappa shape index (κ3) is 8.09. The minimum absolute atomic E-state index is 0.0143. The Morgan fingerprint density at radius 2 is 2.06 bits per heavy atom. The van der Waals surface area contributed by atoms with E-state index in [0.29, 0.717) is 18.8 Å². The van der Waals surface area contributed by atoms with Gasteiger partial charge in [-0.2, -0.15) is 18.3 Å². The second kappa shape index (κ2) is 11.9. The zero-order chi connectivity index (χ0) is 25.5. The summed E-state index contributed by atoms with van der Waals surface area (Å²) in [6.07, 6.45) is 3.07. The van der Waals surface area contributed by atoms with E-state index in [4.69, 9.17) is 14.2 Å². The number of pyridine rings is 1. The first kappa shape index (κ1) is 26.2. The molecule has 1 saturated heterocycles. The Hall–Kier alpha value is -2.86. The molecular weight excluding hydrogens is 479 g/mol. The molecule has 0 radical (unpaired) electrons. The summed E-state index contributed by atoms with van der Waals surface area (Å²) in [4.78, 5) is 18.8. The molecule has 0 aromatic carbocycles. The van der Waals surface area contributed by atoms with Gasteiger partial charge >= 0.3 is 6.18 Å². The van der Waals surface area contributed by atoms with Crippen LogP contribution < -0.4 is 14.8 Å². The van der Waals surface area contributed by atoms with Gasteiger partial charge in [-0.15, -0.1) is 0 Å². The number of nitrogens with zero attached hydrogens (tertiary/aromatic N) is 4. The fraction of sp³-hybridized carbons (Fsp3) is 0.625. The molecule has 0 bridgehead atoms. The normalized spacial score (nSPS) is 20.9. The maximum absolute atomic E-state index is 12.4. The van der Waals surface area contributed by atoms with Crippen molar-refractivity contribution in [2.24, 2.45) is 7.05 Å². The van der Waals surface area contributed by atoms with Gasteiger partial charge in [-0.1, -0.05) is 6.07 Å². The highest BCUT2D eigenvalue weighted by Gasteiger charge is 2.29. The molecule has 1 fully saturated rings. The minimum atomic E-state index is -4.38. The maximum Gasteiger partial charge on any atom is 0.422 e. The summed E-state index contributed by atoms with van der Waals surface area (Å²) in [5.74, 6) is 0.381. The van der Waals surface area contributed by atoms with Gasteiger partial charge in [-0.05, 0) is 31.2 Å². The summed E-state index contributed by atoms with van der Waals surface area (Å²) in [5, 5.41) is 6.95. The van der Waals surface area contributed by atoms with Crippen LogP contribution in [0.3, 0.4) is 0 Å². The number of fused-ring (bicyclic) bond motifs is 1. The summed E-state index contributed by atoms with van der Waals surface area (Å²) >= 11 is 0. The number of halogens is 3. The van der Waals surface area contributed by atoms with Crippen molar-refractivity contribution in [3.05, 3.63) is 35.8 Å². The number of hydrogen-bond acceptors (Lipinski definition) is 7. The molecule has 0 spiro atoms. The molecule has 4 heterocycles. The van der Waals surface area contributed by atoms with Crippen molar-refractivity contribution < 1.29 is 32.2 Å². The summed E-state index contributed by atoms with van der Waals surface area (Å²) in [6.45, 7) is 1.58. The average molecular weight is 512 g/mol. The lowest BCUT2D eigenvalue weighted by Crippen LogP contribution is -2.45. The zero-order valence-electron chi connectivity index (χ0n) is 20.3. The average Bonchev–Trinajstić information content (AvgIpc) is 3.15. The summed E-state index contributed by atoms with van der Waals surface area (Å²) in [6, 6.07) is 3.30. The second-order valence-corrected chi connectivity index (χ2v) is 9.22. The van der Waals surface area contributed by atoms with Crippen LogP contribution in [0.4, 0.5) is 13.2 Å². The van der Waals surface area contributed by atoms with Crippen LogP contribution in [0.1, 0.15) is 30.5 Å². The predicted molar refractivity (Wildman–Crippen MR) is 124 cm³/mol. The van der Waals surface area contributed by atoms with Gasteiger partial charge in [0.25, 0.3) is 5.91 Å². The molecule has 2 atom stereocenters. The number of aryl methyl sites for hydroxylation is 1. The maximum atomic E-state index is 12.4. The van der Waals surface area contributed by atoms with Gasteiger partial charge in [0.15, 0.2) is 19.0 Å². The van der Waals surface area contributed by atoms with E-state index in [0.717, 1.165) is 56.6 Å². The number of alkyl halides is 3. The lowest BCUT2D eigenvalue weighted by atomic mass is 10.0. The Labute approximate surface area is 207 Å². The lowest BCUT2D eigenvalue weighted by Gasteiger charge is -2.31. The summed E-state index contributed by atoms with van der Waals surface area (Å²) in [7, 11) is 1.78. The Bertz CT molecular complexity index is 1010. The van der Waals surface area contributed by atoms with Crippen LogP contribution >= 0.6 is 0 Å². The number of carbonyl (C=O) groups excluding carboxylic acids is 1. The number of aromatic nitrogens is 3. The number of nitrogens with one attached hydrogen (secondary N) is 1. The minimum Gasteiger partial charge on any atom is -0.480 e. The number of hydrogen-bond donors (Lipinski definition) is 1. The van der Waals surface area contributed by atoms with Gasteiger partial charge in [0.05, 0.1) is 31.1 Å². The molecule has 2 aromatic heterocycles. The van der Waals surface area contributed by atoms with Crippen molar-refractivity contribution in [2.75, 3.05) is 39.5 Å². The lowest BCUT2D eigenvalue weighted by molar-refractivity contribution is -0.154. The van der Waals surface area contributed by atoms with E-state index in [9.17, 15) is 18.0 Å². The number of amides is 1. The highest BCUT2D eigenvalue weighted by molar-refractivity contribution is 5.77. The smallest absolute Gasteiger partial charge is 0.422 e. The Morgan fingerprint density at radius 1 is 1.22 bits per heavy atom. The third-order valence-corrected chi connectivity index (χ3v) is 6.34. The quantitative estimate of drug-likeness (QED) is 0.553. The predicted octanol–water partition coefficient (Wildman–Crippen LogP) is 2.29. The molecule has 2 aliphatic rings. The van der Waals surface area contributed by atoms with Gasteiger partial charge in [0, 0.05) is 44.9 Å². The van der Waals surface area contributed by atoms with Gasteiger partial charge in [0.1, 0.15) is 0 Å². The van der Waals surface area contributed by atoms with Crippen molar-refractivity contribution in [3.63, 3.8) is 0 Å². The standard InChI is InChI=1S/C24H32F3N5O4/c1-31-13-20(12-28-31)35-15-22(33)29-18-3-4-19(34-14-18)7-10-32-9-6-17-2-5-23(30-21(17)8-11-32)36-16-24(25,26)27/h2,5,12-13,18-19H,3-4,6-11,14-16H2,1H3,(H,29,33)/t18-,19+/m0/s1. The Balaban J connectivity index is 1.13. The molecular formula is C24H32F3N5O4. The monoisotopic (exact) mass is 511 g/mol. The molecule has 0 saturated carbocycles. The van der Waals surface area contributed by atoms with E-state index >= 15 is 0 Å². The van der Waals surface area contributed by atoms with Crippen LogP contribution in [0, 0.1) is 0 Å². The van der Waals surface area contributed by atoms with E-state index in [-0.39, 0.29) is 30.5 Å². The van der Waals surface area contributed by atoms with E-state index in [2.05, 4.69) is 20.3 Å². The van der Waals surface area contributed by atoms with Gasteiger partial charge in [-0.3, -0.25) is 9.48 Å². The molecule has 12 heteroatoms. The molecule has 1 N–H and O–H groups in total. The molecule has 0 unspecified atom stereocenters. The first-order chi connectivity index (χ1) is 17.2. The second-order valence-electron chi connectivity index (χ2n) is 9.22. The fourth-order valence-corrected chi connectivity index (χ4v) is 4.43. The van der Waals surface area contributed by atoms with Gasteiger partial charge in [0.2, 0.25) is 5.88 Å². The molecule has 2 aromatic rings. The van der Waals surface area contributed by atoms with Crippen LogP contribution in [0.25, 0.3) is 0 Å². The largest absolute Gasteiger partial charge is 0.480 e. The van der Waals surface area contributed by atoms with Crippen LogP contribution in [0.15, 0.2) is 24.5 Å². The van der Waals surface area contributed by atoms with Crippen molar-refractivity contribution in [1.82, 2.24) is 25.0 Å². The van der Waals surface area contributed by atoms with E-state index in [1.165, 1.54) is 6.07 Å². The summed E-state index contributed by atoms with van der Waals surface area (Å²) in [5.41, 5.74) is 1.86. The third-order valence-electron chi connectivity index (χ3n) is 6.34.